The van der Waals surface area contributed by atoms with Crippen LogP contribution in [0.3, 0.4) is 0 Å². The number of hydrogen-bond donors (Lipinski definition) is 1. The van der Waals surface area contributed by atoms with Crippen molar-refractivity contribution in [3.05, 3.63) is 18.2 Å². The van der Waals surface area contributed by atoms with Crippen molar-refractivity contribution in [1.82, 2.24) is 10.2 Å². The molecule has 26 heavy (non-hydrogen) atoms. The lowest BCUT2D eigenvalue weighted by Gasteiger charge is -2.26. The molecule has 7 nitrogen and oxygen atoms in total. The van der Waals surface area contributed by atoms with Crippen LogP contribution >= 0.6 is 0 Å². The Morgan fingerprint density at radius 2 is 1.96 bits per heavy atom. The maximum absolute atomic E-state index is 12.1. The van der Waals surface area contributed by atoms with Crippen molar-refractivity contribution in [1.29, 1.82) is 0 Å². The Bertz CT molecular complexity index is 604. The topological polar surface area (TPSA) is 69.3 Å². The van der Waals surface area contributed by atoms with Gasteiger partial charge in [-0.3, -0.25) is 4.90 Å². The van der Waals surface area contributed by atoms with Crippen LogP contribution in [-0.2, 0) is 4.74 Å². The van der Waals surface area contributed by atoms with Crippen molar-refractivity contribution >= 4 is 6.09 Å². The van der Waals surface area contributed by atoms with Crippen LogP contribution < -0.4 is 19.5 Å². The quantitative estimate of drug-likeness (QED) is 0.763. The number of hydrogen-bond acceptors (Lipinski definition) is 6. The van der Waals surface area contributed by atoms with Crippen LogP contribution in [0.5, 0.6) is 17.2 Å². The molecule has 2 aliphatic heterocycles. The highest BCUT2D eigenvalue weighted by Crippen LogP contribution is 2.31. The van der Waals surface area contributed by atoms with Crippen LogP contribution in [0.2, 0.25) is 0 Å². The summed E-state index contributed by atoms with van der Waals surface area (Å²) in [6, 6.07) is 5.37. The molecule has 2 saturated heterocycles. The second-order valence-corrected chi connectivity index (χ2v) is 6.73. The number of carbonyl (C=O) groups is 1. The van der Waals surface area contributed by atoms with Crippen molar-refractivity contribution in [2.45, 2.75) is 25.3 Å². The van der Waals surface area contributed by atoms with Gasteiger partial charge in [0.2, 0.25) is 0 Å². The van der Waals surface area contributed by atoms with Crippen molar-refractivity contribution in [2.75, 3.05) is 47.1 Å². The first kappa shape index (κ1) is 18.6. The molecule has 2 fully saturated rings. The van der Waals surface area contributed by atoms with E-state index in [1.165, 1.54) is 12.8 Å². The van der Waals surface area contributed by atoms with Gasteiger partial charge in [-0.2, -0.15) is 0 Å². The summed E-state index contributed by atoms with van der Waals surface area (Å²) in [5.41, 5.74) is 0. The van der Waals surface area contributed by atoms with Crippen molar-refractivity contribution in [3.63, 3.8) is 0 Å². The fraction of sp³-hybridized carbons (Fsp3) is 0.632. The number of benzene rings is 1. The Hall–Kier alpha value is -2.15. The molecule has 0 aliphatic carbocycles. The molecule has 3 rings (SSSR count). The van der Waals surface area contributed by atoms with Gasteiger partial charge in [0.25, 0.3) is 0 Å². The molecule has 7 heteroatoms. The summed E-state index contributed by atoms with van der Waals surface area (Å²) >= 11 is 0. The lowest BCUT2D eigenvalue weighted by atomic mass is 9.94. The van der Waals surface area contributed by atoms with Gasteiger partial charge in [0.05, 0.1) is 14.2 Å². The lowest BCUT2D eigenvalue weighted by molar-refractivity contribution is 0.151. The predicted molar refractivity (Wildman–Crippen MR) is 97.1 cm³/mol. The highest BCUT2D eigenvalue weighted by molar-refractivity contribution is 5.70. The van der Waals surface area contributed by atoms with Crippen molar-refractivity contribution in [2.24, 2.45) is 5.92 Å². The van der Waals surface area contributed by atoms with E-state index in [0.717, 1.165) is 26.1 Å². The minimum atomic E-state index is -0.236. The summed E-state index contributed by atoms with van der Waals surface area (Å²) in [4.78, 5) is 13.9. The summed E-state index contributed by atoms with van der Waals surface area (Å²) in [6.45, 7) is 3.64. The number of nitrogens with one attached hydrogen (secondary N) is 1. The Morgan fingerprint density at radius 3 is 2.69 bits per heavy atom. The molecule has 1 aromatic carbocycles. The van der Waals surface area contributed by atoms with Gasteiger partial charge in [-0.15, -0.1) is 0 Å². The van der Waals surface area contributed by atoms with Gasteiger partial charge >= 0.3 is 6.09 Å². The van der Waals surface area contributed by atoms with E-state index in [4.69, 9.17) is 18.9 Å². The monoisotopic (exact) mass is 364 g/mol. The molecule has 1 amide bonds. The third-order valence-corrected chi connectivity index (χ3v) is 5.11. The van der Waals surface area contributed by atoms with E-state index in [2.05, 4.69) is 5.32 Å². The molecule has 1 N–H and O–H groups in total. The van der Waals surface area contributed by atoms with Crippen LogP contribution in [0, 0.1) is 5.92 Å². The predicted octanol–water partition coefficient (Wildman–Crippen LogP) is 2.29. The molecule has 0 spiro atoms. The summed E-state index contributed by atoms with van der Waals surface area (Å²) in [6.07, 6.45) is 3.13. The van der Waals surface area contributed by atoms with E-state index in [1.807, 2.05) is 11.0 Å². The Labute approximate surface area is 154 Å². The third kappa shape index (κ3) is 4.52. The Morgan fingerprint density at radius 1 is 1.19 bits per heavy atom. The van der Waals surface area contributed by atoms with Crippen molar-refractivity contribution < 1.29 is 23.7 Å². The van der Waals surface area contributed by atoms with Gasteiger partial charge in [-0.1, -0.05) is 0 Å². The first-order valence-electron chi connectivity index (χ1n) is 9.20. The van der Waals surface area contributed by atoms with Crippen LogP contribution in [0.4, 0.5) is 4.79 Å². The van der Waals surface area contributed by atoms with Gasteiger partial charge in [0.1, 0.15) is 25.0 Å². The summed E-state index contributed by atoms with van der Waals surface area (Å²) in [7, 11) is 3.19. The number of methoxy groups -OCH3 is 2. The molecule has 1 atom stereocenters. The van der Waals surface area contributed by atoms with E-state index in [9.17, 15) is 4.79 Å². The number of carbonyl (C=O) groups excluding carboxylic acids is 1. The third-order valence-electron chi connectivity index (χ3n) is 5.11. The minimum Gasteiger partial charge on any atom is -0.493 e. The molecule has 0 unspecified atom stereocenters. The normalized spacial score (nSPS) is 20.8. The molecule has 0 radical (unpaired) electrons. The van der Waals surface area contributed by atoms with E-state index in [0.29, 0.717) is 36.4 Å². The first-order chi connectivity index (χ1) is 12.7. The molecular formula is C19H28N2O5. The number of rotatable bonds is 8. The van der Waals surface area contributed by atoms with Gasteiger partial charge in [0, 0.05) is 12.6 Å². The van der Waals surface area contributed by atoms with Gasteiger partial charge in [0.15, 0.2) is 11.5 Å². The molecule has 1 aromatic rings. The molecule has 144 valence electrons. The molecule has 0 bridgehead atoms. The van der Waals surface area contributed by atoms with E-state index in [-0.39, 0.29) is 12.1 Å². The van der Waals surface area contributed by atoms with Crippen LogP contribution in [0.25, 0.3) is 0 Å². The summed E-state index contributed by atoms with van der Waals surface area (Å²) in [5.74, 6) is 2.63. The van der Waals surface area contributed by atoms with Crippen LogP contribution in [-0.4, -0.2) is 64.1 Å². The van der Waals surface area contributed by atoms with Gasteiger partial charge in [-0.05, 0) is 50.4 Å². The van der Waals surface area contributed by atoms with E-state index < -0.39 is 0 Å². The highest BCUT2D eigenvalue weighted by atomic mass is 16.6. The van der Waals surface area contributed by atoms with Gasteiger partial charge in [-0.25, -0.2) is 4.79 Å². The Balaban J connectivity index is 1.53. The second kappa shape index (κ2) is 8.98. The van der Waals surface area contributed by atoms with Crippen LogP contribution in [0.15, 0.2) is 18.2 Å². The molecule has 2 aliphatic rings. The number of cyclic esters (lactones) is 1. The largest absolute Gasteiger partial charge is 0.493 e. The fourth-order valence-electron chi connectivity index (χ4n) is 3.49. The lowest BCUT2D eigenvalue weighted by Crippen LogP contribution is -2.39. The number of nitrogens with zero attached hydrogens (tertiary/aromatic N) is 1. The molecular weight excluding hydrogens is 336 g/mol. The number of amides is 1. The zero-order valence-electron chi connectivity index (χ0n) is 15.5. The van der Waals surface area contributed by atoms with Gasteiger partial charge < -0.3 is 24.3 Å². The molecule has 0 saturated carbocycles. The maximum atomic E-state index is 12.1. The summed E-state index contributed by atoms with van der Waals surface area (Å²) < 4.78 is 21.6. The number of ether oxygens (including phenoxy) is 4. The standard InChI is InChI=1S/C19H28N2O5/c1-23-17-4-3-16(11-18(17)24-2)25-12-15-13-26-19(22)21(15)10-7-14-5-8-20-9-6-14/h3-4,11,14-15,20H,5-10,12-13H2,1-2H3/t15-/m1/s1. The molecule has 2 heterocycles. The van der Waals surface area contributed by atoms with Crippen LogP contribution in [0.1, 0.15) is 19.3 Å². The molecule has 0 aromatic heterocycles. The van der Waals surface area contributed by atoms with Crippen molar-refractivity contribution in [3.8, 4) is 17.2 Å². The Kier molecular flexibility index (Phi) is 6.44. The average Bonchev–Trinajstić information content (AvgIpc) is 3.04. The average molecular weight is 364 g/mol. The smallest absolute Gasteiger partial charge is 0.410 e. The maximum Gasteiger partial charge on any atom is 0.410 e. The zero-order chi connectivity index (χ0) is 18.4. The first-order valence-corrected chi connectivity index (χ1v) is 9.20. The highest BCUT2D eigenvalue weighted by Gasteiger charge is 2.33. The minimum absolute atomic E-state index is 0.0580. The van der Waals surface area contributed by atoms with E-state index >= 15 is 0 Å². The SMILES string of the molecule is COc1ccc(OC[C@@H]2COC(=O)N2CCC2CCNCC2)cc1OC. The summed E-state index contributed by atoms with van der Waals surface area (Å²) in [5, 5.41) is 3.37. The fourth-order valence-corrected chi connectivity index (χ4v) is 3.49. The second-order valence-electron chi connectivity index (χ2n) is 6.73. The number of piperidine rings is 1. The zero-order valence-corrected chi connectivity index (χ0v) is 15.5. The van der Waals surface area contributed by atoms with E-state index in [1.54, 1.807) is 26.4 Å².